The van der Waals surface area contributed by atoms with Crippen molar-refractivity contribution < 1.29 is 19.7 Å². The molecule has 2 atom stereocenters. The third-order valence-corrected chi connectivity index (χ3v) is 4.25. The van der Waals surface area contributed by atoms with Crippen molar-refractivity contribution in [2.45, 2.75) is 38.3 Å². The number of nitrogens with zero attached hydrogens (tertiary/aromatic N) is 1. The average molecular weight is 291 g/mol. The summed E-state index contributed by atoms with van der Waals surface area (Å²) in [5, 5.41) is 18.8. The number of aliphatic hydroxyl groups is 1. The van der Waals surface area contributed by atoms with E-state index in [9.17, 15) is 9.90 Å². The molecule has 0 amide bonds. The predicted octanol–water partition coefficient (Wildman–Crippen LogP) is 1.06. The van der Waals surface area contributed by atoms with Gasteiger partial charge in [0.25, 0.3) is 0 Å². The molecule has 6 heteroatoms. The number of thioether (sulfide) groups is 1. The Hall–Kier alpha value is -0.300. The van der Waals surface area contributed by atoms with E-state index in [0.29, 0.717) is 19.8 Å². The number of carboxylic acids is 1. The Balaban J connectivity index is 2.28. The maximum atomic E-state index is 10.8. The van der Waals surface area contributed by atoms with Crippen molar-refractivity contribution in [1.82, 2.24) is 4.90 Å². The van der Waals surface area contributed by atoms with Gasteiger partial charge in [0.1, 0.15) is 0 Å². The molecule has 1 fully saturated rings. The highest BCUT2D eigenvalue weighted by Crippen LogP contribution is 2.19. The molecule has 0 saturated carbocycles. The summed E-state index contributed by atoms with van der Waals surface area (Å²) in [7, 11) is 0. The highest BCUT2D eigenvalue weighted by atomic mass is 32.2. The Kier molecular flexibility index (Phi) is 8.45. The Bertz CT molecular complexity index is 265. The van der Waals surface area contributed by atoms with Gasteiger partial charge in [-0.15, -0.1) is 0 Å². The number of ether oxygens (including phenoxy) is 1. The van der Waals surface area contributed by atoms with Gasteiger partial charge in [-0.2, -0.15) is 11.8 Å². The van der Waals surface area contributed by atoms with Crippen LogP contribution in [0.15, 0.2) is 0 Å². The molecule has 0 aromatic carbocycles. The Morgan fingerprint density at radius 2 is 2.37 bits per heavy atom. The van der Waals surface area contributed by atoms with Crippen LogP contribution in [0.3, 0.4) is 0 Å². The van der Waals surface area contributed by atoms with Crippen molar-refractivity contribution in [3.05, 3.63) is 0 Å². The third kappa shape index (κ3) is 7.15. The van der Waals surface area contributed by atoms with Gasteiger partial charge in [-0.1, -0.05) is 13.3 Å². The van der Waals surface area contributed by atoms with E-state index in [2.05, 4.69) is 11.8 Å². The summed E-state index contributed by atoms with van der Waals surface area (Å²) >= 11 is 1.78. The minimum absolute atomic E-state index is 0.0292. The fourth-order valence-electron chi connectivity index (χ4n) is 2.11. The highest BCUT2D eigenvalue weighted by Gasteiger charge is 2.26. The number of unbranched alkanes of at least 4 members (excludes halogenated alkanes) is 1. The molecular weight excluding hydrogens is 266 g/mol. The zero-order chi connectivity index (χ0) is 14.1. The lowest BCUT2D eigenvalue weighted by molar-refractivity contribution is -0.138. The van der Waals surface area contributed by atoms with Crippen molar-refractivity contribution >= 4 is 17.7 Å². The lowest BCUT2D eigenvalue weighted by Crippen LogP contribution is -2.47. The van der Waals surface area contributed by atoms with E-state index in [4.69, 9.17) is 9.84 Å². The van der Waals surface area contributed by atoms with Gasteiger partial charge in [0, 0.05) is 37.2 Å². The van der Waals surface area contributed by atoms with Crippen LogP contribution >= 0.6 is 11.8 Å². The van der Waals surface area contributed by atoms with Crippen LogP contribution in [0.25, 0.3) is 0 Å². The Morgan fingerprint density at radius 1 is 1.58 bits per heavy atom. The summed E-state index contributed by atoms with van der Waals surface area (Å²) in [5.74, 6) is 1.06. The molecule has 0 aromatic heterocycles. The summed E-state index contributed by atoms with van der Waals surface area (Å²) in [6, 6.07) is 0.0292. The van der Waals surface area contributed by atoms with E-state index in [-0.39, 0.29) is 12.5 Å². The SMILES string of the molecule is CCCCOCC(O)CN1CCSCC1CC(=O)O. The number of β-amino-alcohol motifs (C(OH)–C–C–N with tert-alkyl or cyclic N) is 1. The van der Waals surface area contributed by atoms with E-state index in [1.165, 1.54) is 0 Å². The van der Waals surface area contributed by atoms with Crippen LogP contribution in [0, 0.1) is 0 Å². The molecule has 0 radical (unpaired) electrons. The minimum Gasteiger partial charge on any atom is -0.481 e. The molecule has 2 unspecified atom stereocenters. The molecule has 112 valence electrons. The van der Waals surface area contributed by atoms with E-state index < -0.39 is 12.1 Å². The van der Waals surface area contributed by atoms with Crippen LogP contribution < -0.4 is 0 Å². The topological polar surface area (TPSA) is 70.0 Å². The van der Waals surface area contributed by atoms with E-state index >= 15 is 0 Å². The summed E-state index contributed by atoms with van der Waals surface area (Å²) in [4.78, 5) is 12.9. The van der Waals surface area contributed by atoms with Crippen LogP contribution in [-0.4, -0.2) is 71.0 Å². The molecule has 1 aliphatic rings. The zero-order valence-electron chi connectivity index (χ0n) is 11.6. The van der Waals surface area contributed by atoms with Gasteiger partial charge in [0.2, 0.25) is 0 Å². The van der Waals surface area contributed by atoms with Crippen molar-refractivity contribution in [3.63, 3.8) is 0 Å². The van der Waals surface area contributed by atoms with E-state index in [0.717, 1.165) is 30.9 Å². The third-order valence-electron chi connectivity index (χ3n) is 3.16. The minimum atomic E-state index is -0.772. The van der Waals surface area contributed by atoms with Gasteiger partial charge in [0.05, 0.1) is 19.1 Å². The number of hydrogen-bond acceptors (Lipinski definition) is 5. The van der Waals surface area contributed by atoms with Gasteiger partial charge in [-0.3, -0.25) is 9.69 Å². The molecule has 1 saturated heterocycles. The second kappa shape index (κ2) is 9.58. The van der Waals surface area contributed by atoms with Crippen molar-refractivity contribution in [1.29, 1.82) is 0 Å². The number of aliphatic hydroxyl groups excluding tert-OH is 1. The molecule has 1 heterocycles. The van der Waals surface area contributed by atoms with Gasteiger partial charge in [-0.25, -0.2) is 0 Å². The number of carboxylic acid groups (broad SMARTS) is 1. The van der Waals surface area contributed by atoms with Gasteiger partial charge < -0.3 is 14.9 Å². The molecule has 19 heavy (non-hydrogen) atoms. The second-order valence-corrected chi connectivity index (χ2v) is 6.05. The van der Waals surface area contributed by atoms with Crippen LogP contribution in [-0.2, 0) is 9.53 Å². The zero-order valence-corrected chi connectivity index (χ0v) is 12.4. The normalized spacial score (nSPS) is 22.3. The van der Waals surface area contributed by atoms with E-state index in [1.807, 2.05) is 0 Å². The number of carbonyl (C=O) groups is 1. The molecule has 0 bridgehead atoms. The summed E-state index contributed by atoms with van der Waals surface area (Å²) in [5.41, 5.74) is 0. The molecule has 2 N–H and O–H groups in total. The first-order valence-electron chi connectivity index (χ1n) is 6.92. The molecule has 1 aliphatic heterocycles. The standard InChI is InChI=1S/C13H25NO4S/c1-2-3-5-18-9-12(15)8-14-4-6-19-10-11(14)7-13(16)17/h11-12,15H,2-10H2,1H3,(H,16,17). The highest BCUT2D eigenvalue weighted by molar-refractivity contribution is 7.99. The fourth-order valence-corrected chi connectivity index (χ4v) is 3.24. The maximum Gasteiger partial charge on any atom is 0.304 e. The first kappa shape index (κ1) is 16.8. The van der Waals surface area contributed by atoms with Gasteiger partial charge in [-0.05, 0) is 6.42 Å². The maximum absolute atomic E-state index is 10.8. The monoisotopic (exact) mass is 291 g/mol. The number of rotatable bonds is 9. The lowest BCUT2D eigenvalue weighted by atomic mass is 10.2. The van der Waals surface area contributed by atoms with E-state index in [1.54, 1.807) is 11.8 Å². The molecule has 5 nitrogen and oxygen atoms in total. The lowest BCUT2D eigenvalue weighted by Gasteiger charge is -2.35. The predicted molar refractivity (Wildman–Crippen MR) is 76.7 cm³/mol. The van der Waals surface area contributed by atoms with Gasteiger partial charge >= 0.3 is 5.97 Å². The van der Waals surface area contributed by atoms with Crippen molar-refractivity contribution in [2.75, 3.05) is 37.8 Å². The smallest absolute Gasteiger partial charge is 0.304 e. The quantitative estimate of drug-likeness (QED) is 0.619. The molecule has 0 aliphatic carbocycles. The van der Waals surface area contributed by atoms with Crippen LogP contribution in [0.2, 0.25) is 0 Å². The number of hydrogen-bond donors (Lipinski definition) is 2. The fraction of sp³-hybridized carbons (Fsp3) is 0.923. The molecule has 0 aromatic rings. The first-order chi connectivity index (χ1) is 9.13. The van der Waals surface area contributed by atoms with Crippen LogP contribution in [0.1, 0.15) is 26.2 Å². The van der Waals surface area contributed by atoms with Gasteiger partial charge in [0.15, 0.2) is 0 Å². The Morgan fingerprint density at radius 3 is 3.05 bits per heavy atom. The van der Waals surface area contributed by atoms with Crippen molar-refractivity contribution in [3.8, 4) is 0 Å². The second-order valence-electron chi connectivity index (χ2n) is 4.90. The number of aliphatic carboxylic acids is 1. The molecular formula is C13H25NO4S. The average Bonchev–Trinajstić information content (AvgIpc) is 2.36. The molecule has 1 rings (SSSR count). The van der Waals surface area contributed by atoms with Crippen LogP contribution in [0.4, 0.5) is 0 Å². The summed E-state index contributed by atoms with van der Waals surface area (Å²) < 4.78 is 5.40. The molecule has 0 spiro atoms. The Labute approximate surface area is 119 Å². The van der Waals surface area contributed by atoms with Crippen LogP contribution in [0.5, 0.6) is 0 Å². The largest absolute Gasteiger partial charge is 0.481 e. The first-order valence-corrected chi connectivity index (χ1v) is 8.08. The summed E-state index contributed by atoms with van der Waals surface area (Å²) in [6.07, 6.45) is 1.71. The summed E-state index contributed by atoms with van der Waals surface area (Å²) in [6.45, 7) is 4.46. The van der Waals surface area contributed by atoms with Crippen molar-refractivity contribution in [2.24, 2.45) is 0 Å².